The van der Waals surface area contributed by atoms with Crippen LogP contribution in [-0.2, 0) is 12.4 Å². The summed E-state index contributed by atoms with van der Waals surface area (Å²) in [4.78, 5) is 24.8. The van der Waals surface area contributed by atoms with E-state index >= 15 is 0 Å². The molecule has 0 fully saturated rings. The van der Waals surface area contributed by atoms with Gasteiger partial charge in [-0.1, -0.05) is 30.3 Å². The van der Waals surface area contributed by atoms with Crippen molar-refractivity contribution in [2.75, 3.05) is 6.54 Å². The van der Waals surface area contributed by atoms with Gasteiger partial charge in [-0.3, -0.25) is 9.59 Å². The smallest absolute Gasteiger partial charge is 0.387 e. The van der Waals surface area contributed by atoms with E-state index in [2.05, 4.69) is 10.4 Å². The van der Waals surface area contributed by atoms with Crippen LogP contribution in [0.25, 0.3) is 5.69 Å². The van der Waals surface area contributed by atoms with E-state index in [1.165, 1.54) is 19.1 Å². The number of nitrogens with one attached hydrogen (secondary N) is 1. The molecule has 1 aromatic heterocycles. The van der Waals surface area contributed by atoms with Crippen LogP contribution >= 0.6 is 0 Å². The van der Waals surface area contributed by atoms with E-state index in [1.54, 1.807) is 0 Å². The van der Waals surface area contributed by atoms with Crippen LogP contribution in [0.15, 0.2) is 59.4 Å². The van der Waals surface area contributed by atoms with Crippen LogP contribution in [-0.4, -0.2) is 27.3 Å². The van der Waals surface area contributed by atoms with Crippen molar-refractivity contribution < 1.29 is 36.2 Å². The number of alkyl halides is 6. The van der Waals surface area contributed by atoms with Crippen LogP contribution < -0.4 is 10.7 Å². The van der Waals surface area contributed by atoms with Crippen LogP contribution in [0.3, 0.4) is 0 Å². The maximum atomic E-state index is 13.4. The Morgan fingerprint density at radius 3 is 2.18 bits per heavy atom. The molecule has 0 saturated carbocycles. The second kappa shape index (κ2) is 9.29. The number of carbonyl (C=O) groups is 1. The third-order valence-corrected chi connectivity index (χ3v) is 4.84. The molecule has 0 radical (unpaired) electrons. The molecule has 1 atom stereocenters. The van der Waals surface area contributed by atoms with Crippen LogP contribution in [0, 0.1) is 6.92 Å². The summed E-state index contributed by atoms with van der Waals surface area (Å²) in [6, 6.07) is 9.50. The molecule has 1 amide bonds. The Morgan fingerprint density at radius 1 is 1.00 bits per heavy atom. The van der Waals surface area contributed by atoms with Crippen molar-refractivity contribution in [2.24, 2.45) is 0 Å². The maximum Gasteiger partial charge on any atom is 0.418 e. The summed E-state index contributed by atoms with van der Waals surface area (Å²) in [6.07, 6.45) is -11.3. The summed E-state index contributed by atoms with van der Waals surface area (Å²) >= 11 is 0. The van der Waals surface area contributed by atoms with Gasteiger partial charge >= 0.3 is 12.4 Å². The van der Waals surface area contributed by atoms with E-state index < -0.39 is 64.4 Å². The van der Waals surface area contributed by atoms with Crippen molar-refractivity contribution >= 4 is 5.91 Å². The molecule has 12 heteroatoms. The van der Waals surface area contributed by atoms with E-state index in [0.717, 1.165) is 47.1 Å². The zero-order chi connectivity index (χ0) is 25.3. The Balaban J connectivity index is 1.90. The van der Waals surface area contributed by atoms with Gasteiger partial charge in [0.1, 0.15) is 0 Å². The Morgan fingerprint density at radius 2 is 1.56 bits per heavy atom. The van der Waals surface area contributed by atoms with Crippen molar-refractivity contribution in [1.29, 1.82) is 0 Å². The van der Waals surface area contributed by atoms with Crippen LogP contribution in [0.2, 0.25) is 0 Å². The van der Waals surface area contributed by atoms with Gasteiger partial charge in [0.15, 0.2) is 5.69 Å². The third-order valence-electron chi connectivity index (χ3n) is 4.84. The molecule has 3 aromatic rings. The largest absolute Gasteiger partial charge is 0.418 e. The number of halogens is 6. The summed E-state index contributed by atoms with van der Waals surface area (Å²) in [5, 5.41) is 16.0. The normalized spacial score (nSPS) is 12.9. The molecule has 180 valence electrons. The summed E-state index contributed by atoms with van der Waals surface area (Å²) in [5.41, 5.74) is -4.78. The summed E-state index contributed by atoms with van der Waals surface area (Å²) in [7, 11) is 0. The highest BCUT2D eigenvalue weighted by atomic mass is 19.4. The number of aliphatic hydroxyl groups is 1. The minimum atomic E-state index is -4.75. The highest BCUT2D eigenvalue weighted by molar-refractivity contribution is 5.92. The lowest BCUT2D eigenvalue weighted by Gasteiger charge is -2.18. The lowest BCUT2D eigenvalue weighted by Crippen LogP contribution is -2.35. The van der Waals surface area contributed by atoms with Gasteiger partial charge in [-0.15, -0.1) is 0 Å². The first-order valence-electron chi connectivity index (χ1n) is 9.70. The van der Waals surface area contributed by atoms with Crippen molar-refractivity contribution in [3.8, 4) is 5.69 Å². The predicted molar refractivity (Wildman–Crippen MR) is 108 cm³/mol. The molecule has 0 aliphatic rings. The zero-order valence-corrected chi connectivity index (χ0v) is 17.4. The number of aromatic nitrogens is 2. The van der Waals surface area contributed by atoms with Crippen LogP contribution in [0.1, 0.15) is 39.0 Å². The monoisotopic (exact) mass is 485 g/mol. The van der Waals surface area contributed by atoms with E-state index in [4.69, 9.17) is 0 Å². The molecule has 1 unspecified atom stereocenters. The summed E-state index contributed by atoms with van der Waals surface area (Å²) in [6.45, 7) is 0.612. The Labute approximate surface area is 188 Å². The highest BCUT2D eigenvalue weighted by Crippen LogP contribution is 2.35. The molecule has 0 aliphatic carbocycles. The predicted octanol–water partition coefficient (Wildman–Crippen LogP) is 4.04. The van der Waals surface area contributed by atoms with Crippen molar-refractivity contribution in [2.45, 2.75) is 25.4 Å². The number of nitrogens with zero attached hydrogens (tertiary/aromatic N) is 2. The lowest BCUT2D eigenvalue weighted by atomic mass is 10.0. The fraction of sp³-hybridized carbons (Fsp3) is 0.227. The van der Waals surface area contributed by atoms with E-state index in [9.17, 15) is 41.0 Å². The molecule has 0 bridgehead atoms. The fourth-order valence-electron chi connectivity index (χ4n) is 3.28. The van der Waals surface area contributed by atoms with Gasteiger partial charge in [0.2, 0.25) is 5.43 Å². The third kappa shape index (κ3) is 5.28. The van der Waals surface area contributed by atoms with Gasteiger partial charge in [0, 0.05) is 18.3 Å². The number of aryl methyl sites for hydroxylation is 1. The number of hydrogen-bond donors (Lipinski definition) is 2. The van der Waals surface area contributed by atoms with E-state index in [1.807, 2.05) is 0 Å². The minimum Gasteiger partial charge on any atom is -0.387 e. The number of amides is 1. The van der Waals surface area contributed by atoms with Crippen molar-refractivity contribution in [3.63, 3.8) is 0 Å². The quantitative estimate of drug-likeness (QED) is 0.535. The second-order valence-corrected chi connectivity index (χ2v) is 7.24. The van der Waals surface area contributed by atoms with E-state index in [0.29, 0.717) is 0 Å². The van der Waals surface area contributed by atoms with Gasteiger partial charge in [-0.25, -0.2) is 4.68 Å². The number of para-hydroxylation sites is 1. The number of benzene rings is 2. The Kier molecular flexibility index (Phi) is 6.82. The molecule has 6 nitrogen and oxygen atoms in total. The van der Waals surface area contributed by atoms with Gasteiger partial charge in [0.25, 0.3) is 5.91 Å². The first kappa shape index (κ1) is 25.0. The van der Waals surface area contributed by atoms with Crippen LogP contribution in [0.5, 0.6) is 0 Å². The van der Waals surface area contributed by atoms with Crippen molar-refractivity contribution in [1.82, 2.24) is 15.1 Å². The highest BCUT2D eigenvalue weighted by Gasteiger charge is 2.35. The molecule has 34 heavy (non-hydrogen) atoms. The molecular formula is C22H17F6N3O3. The van der Waals surface area contributed by atoms with Gasteiger partial charge < -0.3 is 10.4 Å². The molecule has 2 N–H and O–H groups in total. The maximum absolute atomic E-state index is 13.4. The average Bonchev–Trinajstić information content (AvgIpc) is 2.76. The standard InChI is InChI=1S/C22H17F6N3O3/c1-12-10-17(32)19(30-31(12)16-9-5-4-8-15(16)22(26,27)28)20(34)29-11-18(33)13-6-2-3-7-14(13)21(23,24)25/h2-10,18,33H,11H2,1H3,(H,29,34). The number of rotatable bonds is 5. The lowest BCUT2D eigenvalue weighted by molar-refractivity contribution is -0.139. The number of hydrogen-bond acceptors (Lipinski definition) is 4. The first-order chi connectivity index (χ1) is 15.8. The number of carbonyl (C=O) groups excluding carboxylic acids is 1. The molecule has 1 heterocycles. The number of aliphatic hydroxyl groups excluding tert-OH is 1. The summed E-state index contributed by atoms with van der Waals surface area (Å²) in [5.74, 6) is -1.17. The summed E-state index contributed by atoms with van der Waals surface area (Å²) < 4.78 is 80.4. The SMILES string of the molecule is Cc1cc(=O)c(C(=O)NCC(O)c2ccccc2C(F)(F)F)nn1-c1ccccc1C(F)(F)F. The van der Waals surface area contributed by atoms with Gasteiger partial charge in [-0.2, -0.15) is 31.4 Å². The molecule has 0 spiro atoms. The molecule has 0 aliphatic heterocycles. The topological polar surface area (TPSA) is 84.2 Å². The molecular weight excluding hydrogens is 468 g/mol. The van der Waals surface area contributed by atoms with Gasteiger partial charge in [0.05, 0.1) is 22.9 Å². The molecule has 3 rings (SSSR count). The Bertz CT molecular complexity index is 1270. The van der Waals surface area contributed by atoms with Gasteiger partial charge in [-0.05, 0) is 30.7 Å². The minimum absolute atomic E-state index is 0.0115. The fourth-order valence-corrected chi connectivity index (χ4v) is 3.28. The first-order valence-corrected chi connectivity index (χ1v) is 9.70. The molecule has 2 aromatic carbocycles. The zero-order valence-electron chi connectivity index (χ0n) is 17.4. The Hall–Kier alpha value is -3.67. The average molecular weight is 485 g/mol. The van der Waals surface area contributed by atoms with Crippen molar-refractivity contribution in [3.05, 3.63) is 92.9 Å². The van der Waals surface area contributed by atoms with Crippen LogP contribution in [0.4, 0.5) is 26.3 Å². The van der Waals surface area contributed by atoms with E-state index in [-0.39, 0.29) is 5.69 Å². The molecule has 0 saturated heterocycles. The second-order valence-electron chi connectivity index (χ2n) is 7.24.